The van der Waals surface area contributed by atoms with Crippen molar-refractivity contribution >= 4 is 39.1 Å². The smallest absolute Gasteiger partial charge is 0.264 e. The lowest BCUT2D eigenvalue weighted by atomic mass is 10.1. The standard InChI is InChI=1S/C30H36ClN3O4S/c1-5-18-32-30(36)28(6-2)33(20-24-12-10-11-15-27(24)31)29(35)21-34(25-17-16-22(3)23(4)19-25)39(37,38)26-13-8-7-9-14-26/h7-17,19,28H,5-6,18,20-21H2,1-4H3,(H,32,36)/t28-/m1/s1. The van der Waals surface area contributed by atoms with Crippen LogP contribution in [0.1, 0.15) is 43.4 Å². The van der Waals surface area contributed by atoms with E-state index in [2.05, 4.69) is 5.32 Å². The molecule has 0 spiro atoms. The Morgan fingerprint density at radius 2 is 1.59 bits per heavy atom. The molecule has 39 heavy (non-hydrogen) atoms. The van der Waals surface area contributed by atoms with Crippen LogP contribution in [0.3, 0.4) is 0 Å². The van der Waals surface area contributed by atoms with Gasteiger partial charge in [0.2, 0.25) is 11.8 Å². The van der Waals surface area contributed by atoms with Gasteiger partial charge in [0.15, 0.2) is 0 Å². The summed E-state index contributed by atoms with van der Waals surface area (Å²) in [7, 11) is -4.10. The molecule has 1 N–H and O–H groups in total. The van der Waals surface area contributed by atoms with Crippen LogP contribution >= 0.6 is 11.6 Å². The Hall–Kier alpha value is -3.36. The van der Waals surface area contributed by atoms with Gasteiger partial charge >= 0.3 is 0 Å². The molecule has 0 fully saturated rings. The molecule has 2 amide bonds. The van der Waals surface area contributed by atoms with E-state index >= 15 is 0 Å². The van der Waals surface area contributed by atoms with Crippen LogP contribution in [0.5, 0.6) is 0 Å². The first-order valence-corrected chi connectivity index (χ1v) is 14.9. The van der Waals surface area contributed by atoms with Crippen LogP contribution in [0.4, 0.5) is 5.69 Å². The van der Waals surface area contributed by atoms with Gasteiger partial charge in [0.05, 0.1) is 10.6 Å². The third kappa shape index (κ3) is 7.40. The molecule has 3 aromatic carbocycles. The monoisotopic (exact) mass is 569 g/mol. The zero-order chi connectivity index (χ0) is 28.6. The maximum absolute atomic E-state index is 14.0. The number of amides is 2. The van der Waals surface area contributed by atoms with Gasteiger partial charge in [0.1, 0.15) is 12.6 Å². The van der Waals surface area contributed by atoms with Crippen molar-refractivity contribution < 1.29 is 18.0 Å². The summed E-state index contributed by atoms with van der Waals surface area (Å²) in [6.07, 6.45) is 1.09. The molecular formula is C30H36ClN3O4S. The summed E-state index contributed by atoms with van der Waals surface area (Å²) in [4.78, 5) is 28.7. The average Bonchev–Trinajstić information content (AvgIpc) is 2.93. The second-order valence-electron chi connectivity index (χ2n) is 9.42. The van der Waals surface area contributed by atoms with Gasteiger partial charge in [-0.05, 0) is 73.7 Å². The number of rotatable bonds is 12. The number of benzene rings is 3. The topological polar surface area (TPSA) is 86.8 Å². The maximum Gasteiger partial charge on any atom is 0.264 e. The highest BCUT2D eigenvalue weighted by Gasteiger charge is 2.33. The Morgan fingerprint density at radius 3 is 2.21 bits per heavy atom. The minimum Gasteiger partial charge on any atom is -0.354 e. The number of hydrogen-bond acceptors (Lipinski definition) is 4. The summed E-state index contributed by atoms with van der Waals surface area (Å²) in [6.45, 7) is 7.65. The molecule has 0 radical (unpaired) electrons. The van der Waals surface area contributed by atoms with Crippen molar-refractivity contribution in [3.05, 3.63) is 94.5 Å². The van der Waals surface area contributed by atoms with Gasteiger partial charge in [-0.1, -0.05) is 67.9 Å². The van der Waals surface area contributed by atoms with E-state index in [1.54, 1.807) is 48.5 Å². The number of aryl methyl sites for hydroxylation is 2. The Labute approximate surface area is 236 Å². The number of nitrogens with zero attached hydrogens (tertiary/aromatic N) is 2. The van der Waals surface area contributed by atoms with E-state index in [-0.39, 0.29) is 17.3 Å². The fourth-order valence-electron chi connectivity index (χ4n) is 4.22. The lowest BCUT2D eigenvalue weighted by molar-refractivity contribution is -0.140. The molecule has 0 saturated carbocycles. The van der Waals surface area contributed by atoms with Gasteiger partial charge < -0.3 is 10.2 Å². The van der Waals surface area contributed by atoms with E-state index in [0.29, 0.717) is 29.2 Å². The molecule has 0 bridgehead atoms. The summed E-state index contributed by atoms with van der Waals surface area (Å²) < 4.78 is 28.9. The van der Waals surface area contributed by atoms with Gasteiger partial charge in [0.25, 0.3) is 10.0 Å². The van der Waals surface area contributed by atoms with Crippen LogP contribution in [0, 0.1) is 13.8 Å². The molecule has 0 aliphatic heterocycles. The van der Waals surface area contributed by atoms with Crippen molar-refractivity contribution in [2.45, 2.75) is 58.0 Å². The minimum absolute atomic E-state index is 0.0582. The molecule has 1 atom stereocenters. The van der Waals surface area contributed by atoms with E-state index in [4.69, 9.17) is 11.6 Å². The molecule has 7 nitrogen and oxygen atoms in total. The van der Waals surface area contributed by atoms with Crippen molar-refractivity contribution in [2.75, 3.05) is 17.4 Å². The normalized spacial score (nSPS) is 12.0. The molecule has 0 saturated heterocycles. The van der Waals surface area contributed by atoms with Gasteiger partial charge in [-0.15, -0.1) is 0 Å². The second kappa shape index (κ2) is 13.6. The van der Waals surface area contributed by atoms with E-state index in [1.165, 1.54) is 17.0 Å². The molecule has 9 heteroatoms. The predicted octanol–water partition coefficient (Wildman–Crippen LogP) is 5.49. The number of sulfonamides is 1. The van der Waals surface area contributed by atoms with E-state index < -0.39 is 28.5 Å². The van der Waals surface area contributed by atoms with E-state index in [1.807, 2.05) is 39.8 Å². The molecular weight excluding hydrogens is 534 g/mol. The molecule has 3 rings (SSSR count). The van der Waals surface area contributed by atoms with Crippen LogP contribution in [0.25, 0.3) is 0 Å². The van der Waals surface area contributed by atoms with Crippen LogP contribution in [-0.4, -0.2) is 44.3 Å². The number of carbonyl (C=O) groups excluding carboxylic acids is 2. The average molecular weight is 570 g/mol. The fourth-order valence-corrected chi connectivity index (χ4v) is 5.85. The quantitative estimate of drug-likeness (QED) is 0.313. The molecule has 208 valence electrons. The fraction of sp³-hybridized carbons (Fsp3) is 0.333. The maximum atomic E-state index is 14.0. The number of carbonyl (C=O) groups is 2. The summed E-state index contributed by atoms with van der Waals surface area (Å²) in [6, 6.07) is 19.6. The predicted molar refractivity (Wildman–Crippen MR) is 156 cm³/mol. The summed E-state index contributed by atoms with van der Waals surface area (Å²) in [5, 5.41) is 3.34. The van der Waals surface area contributed by atoms with Gasteiger partial charge in [-0.2, -0.15) is 0 Å². The molecule has 0 aliphatic rings. The van der Waals surface area contributed by atoms with Gasteiger partial charge in [-0.25, -0.2) is 8.42 Å². The van der Waals surface area contributed by atoms with Crippen LogP contribution in [0.15, 0.2) is 77.7 Å². The number of halogens is 1. The highest BCUT2D eigenvalue weighted by molar-refractivity contribution is 7.92. The Morgan fingerprint density at radius 1 is 0.923 bits per heavy atom. The van der Waals surface area contributed by atoms with Crippen molar-refractivity contribution in [1.29, 1.82) is 0 Å². The first-order valence-electron chi connectivity index (χ1n) is 13.1. The van der Waals surface area contributed by atoms with E-state index in [9.17, 15) is 18.0 Å². The first kappa shape index (κ1) is 30.2. The van der Waals surface area contributed by atoms with Crippen molar-refractivity contribution in [3.8, 4) is 0 Å². The lowest BCUT2D eigenvalue weighted by Gasteiger charge is -2.33. The summed E-state index contributed by atoms with van der Waals surface area (Å²) >= 11 is 6.43. The molecule has 0 aliphatic carbocycles. The number of anilines is 1. The van der Waals surface area contributed by atoms with E-state index in [0.717, 1.165) is 21.9 Å². The van der Waals surface area contributed by atoms with Gasteiger partial charge in [0, 0.05) is 18.1 Å². The third-order valence-corrected chi connectivity index (χ3v) is 8.78. The zero-order valence-electron chi connectivity index (χ0n) is 22.9. The minimum atomic E-state index is -4.10. The number of hydrogen-bond donors (Lipinski definition) is 1. The summed E-state index contributed by atoms with van der Waals surface area (Å²) in [5.74, 6) is -0.797. The van der Waals surface area contributed by atoms with Crippen molar-refractivity contribution in [1.82, 2.24) is 10.2 Å². The Balaban J connectivity index is 2.07. The first-order chi connectivity index (χ1) is 18.6. The molecule has 0 aromatic heterocycles. The van der Waals surface area contributed by atoms with Crippen molar-refractivity contribution in [2.24, 2.45) is 0 Å². The summed E-state index contributed by atoms with van der Waals surface area (Å²) in [5.41, 5.74) is 2.93. The number of nitrogens with one attached hydrogen (secondary N) is 1. The van der Waals surface area contributed by atoms with Crippen LogP contribution in [0.2, 0.25) is 5.02 Å². The molecule has 0 heterocycles. The lowest BCUT2D eigenvalue weighted by Crippen LogP contribution is -2.52. The van der Waals surface area contributed by atoms with Crippen LogP contribution in [-0.2, 0) is 26.2 Å². The second-order valence-corrected chi connectivity index (χ2v) is 11.7. The SMILES string of the molecule is CCCNC(=O)[C@@H](CC)N(Cc1ccccc1Cl)C(=O)CN(c1ccc(C)c(C)c1)S(=O)(=O)c1ccccc1. The molecule has 0 unspecified atom stereocenters. The highest BCUT2D eigenvalue weighted by Crippen LogP contribution is 2.27. The zero-order valence-corrected chi connectivity index (χ0v) is 24.4. The Bertz CT molecular complexity index is 1400. The van der Waals surface area contributed by atoms with Gasteiger partial charge in [-0.3, -0.25) is 13.9 Å². The Kier molecular flexibility index (Phi) is 10.5. The highest BCUT2D eigenvalue weighted by atomic mass is 35.5. The third-order valence-electron chi connectivity index (χ3n) is 6.62. The van der Waals surface area contributed by atoms with Crippen molar-refractivity contribution in [3.63, 3.8) is 0 Å². The molecule has 3 aromatic rings. The van der Waals surface area contributed by atoms with Crippen LogP contribution < -0.4 is 9.62 Å². The largest absolute Gasteiger partial charge is 0.354 e.